The van der Waals surface area contributed by atoms with Gasteiger partial charge < -0.3 is 4.74 Å². The summed E-state index contributed by atoms with van der Waals surface area (Å²) in [5.74, 6) is -1.38. The third kappa shape index (κ3) is 2.24. The van der Waals surface area contributed by atoms with Gasteiger partial charge >= 0.3 is 0 Å². The standard InChI is InChI=1S/C13H9ClF2O/c1-17-12-7-8(14)5-6-9(12)10-3-2-4-11(15)13(10)16/h2-7H,1H3. The molecule has 0 bridgehead atoms. The van der Waals surface area contributed by atoms with Gasteiger partial charge in [0.1, 0.15) is 5.75 Å². The molecule has 2 rings (SSSR count). The van der Waals surface area contributed by atoms with Crippen molar-refractivity contribution in [1.29, 1.82) is 0 Å². The molecular formula is C13H9ClF2O. The number of methoxy groups -OCH3 is 1. The van der Waals surface area contributed by atoms with Crippen molar-refractivity contribution in [3.8, 4) is 16.9 Å². The molecule has 17 heavy (non-hydrogen) atoms. The van der Waals surface area contributed by atoms with Crippen LogP contribution in [-0.4, -0.2) is 7.11 Å². The molecule has 0 radical (unpaired) electrons. The predicted octanol–water partition coefficient (Wildman–Crippen LogP) is 4.29. The lowest BCUT2D eigenvalue weighted by molar-refractivity contribution is 0.416. The van der Waals surface area contributed by atoms with E-state index in [-0.39, 0.29) is 5.56 Å². The van der Waals surface area contributed by atoms with E-state index in [1.807, 2.05) is 0 Å². The van der Waals surface area contributed by atoms with Gasteiger partial charge in [0.05, 0.1) is 7.11 Å². The monoisotopic (exact) mass is 254 g/mol. The molecule has 0 N–H and O–H groups in total. The summed E-state index contributed by atoms with van der Waals surface area (Å²) in [6.07, 6.45) is 0. The number of halogens is 3. The second kappa shape index (κ2) is 4.72. The maximum absolute atomic E-state index is 13.6. The molecule has 0 saturated carbocycles. The molecule has 0 heterocycles. The van der Waals surface area contributed by atoms with E-state index in [9.17, 15) is 8.78 Å². The van der Waals surface area contributed by atoms with Gasteiger partial charge in [-0.3, -0.25) is 0 Å². The van der Waals surface area contributed by atoms with Crippen LogP contribution in [0, 0.1) is 11.6 Å². The molecule has 0 unspecified atom stereocenters. The minimum absolute atomic E-state index is 0.151. The zero-order chi connectivity index (χ0) is 12.4. The van der Waals surface area contributed by atoms with Gasteiger partial charge in [0, 0.05) is 16.1 Å². The van der Waals surface area contributed by atoms with Crippen LogP contribution in [-0.2, 0) is 0 Å². The second-order valence-corrected chi connectivity index (χ2v) is 3.88. The highest BCUT2D eigenvalue weighted by molar-refractivity contribution is 6.30. The molecule has 4 heteroatoms. The first-order valence-corrected chi connectivity index (χ1v) is 5.29. The van der Waals surface area contributed by atoms with Gasteiger partial charge in [0.25, 0.3) is 0 Å². The Hall–Kier alpha value is -1.61. The largest absolute Gasteiger partial charge is 0.496 e. The molecule has 88 valence electrons. The van der Waals surface area contributed by atoms with Crippen LogP contribution >= 0.6 is 11.6 Å². The van der Waals surface area contributed by atoms with Gasteiger partial charge in [0.15, 0.2) is 11.6 Å². The molecule has 0 aromatic heterocycles. The predicted molar refractivity (Wildman–Crippen MR) is 63.4 cm³/mol. The van der Waals surface area contributed by atoms with E-state index in [0.717, 1.165) is 6.07 Å². The third-order valence-corrected chi connectivity index (χ3v) is 2.64. The van der Waals surface area contributed by atoms with E-state index in [2.05, 4.69) is 0 Å². The minimum Gasteiger partial charge on any atom is -0.496 e. The second-order valence-electron chi connectivity index (χ2n) is 3.45. The Kier molecular flexibility index (Phi) is 3.29. The van der Waals surface area contributed by atoms with Crippen molar-refractivity contribution in [3.63, 3.8) is 0 Å². The Morgan fingerprint density at radius 2 is 1.82 bits per heavy atom. The van der Waals surface area contributed by atoms with Crippen molar-refractivity contribution in [2.24, 2.45) is 0 Å². The van der Waals surface area contributed by atoms with Crippen molar-refractivity contribution in [2.75, 3.05) is 7.11 Å². The van der Waals surface area contributed by atoms with Gasteiger partial charge in [-0.2, -0.15) is 0 Å². The topological polar surface area (TPSA) is 9.23 Å². The number of rotatable bonds is 2. The zero-order valence-electron chi connectivity index (χ0n) is 9.01. The lowest BCUT2D eigenvalue weighted by atomic mass is 10.0. The van der Waals surface area contributed by atoms with Crippen LogP contribution in [0.5, 0.6) is 5.75 Å². The number of hydrogen-bond donors (Lipinski definition) is 0. The van der Waals surface area contributed by atoms with Crippen molar-refractivity contribution in [1.82, 2.24) is 0 Å². The average molecular weight is 255 g/mol. The lowest BCUT2D eigenvalue weighted by Crippen LogP contribution is -1.92. The van der Waals surface area contributed by atoms with Gasteiger partial charge in [-0.15, -0.1) is 0 Å². The van der Waals surface area contributed by atoms with E-state index in [1.165, 1.54) is 19.2 Å². The molecule has 0 aliphatic heterocycles. The number of benzene rings is 2. The van der Waals surface area contributed by atoms with Crippen molar-refractivity contribution >= 4 is 11.6 Å². The maximum atomic E-state index is 13.6. The summed E-state index contributed by atoms with van der Waals surface area (Å²) in [6.45, 7) is 0. The van der Waals surface area contributed by atoms with Crippen molar-refractivity contribution < 1.29 is 13.5 Å². The third-order valence-electron chi connectivity index (χ3n) is 2.41. The van der Waals surface area contributed by atoms with E-state index in [4.69, 9.17) is 16.3 Å². The Morgan fingerprint density at radius 3 is 2.53 bits per heavy atom. The van der Waals surface area contributed by atoms with Crippen molar-refractivity contribution in [2.45, 2.75) is 0 Å². The Labute approximate surface area is 103 Å². The van der Waals surface area contributed by atoms with E-state index < -0.39 is 11.6 Å². The quantitative estimate of drug-likeness (QED) is 0.777. The van der Waals surface area contributed by atoms with E-state index in [1.54, 1.807) is 18.2 Å². The molecular weight excluding hydrogens is 246 g/mol. The molecule has 2 aromatic rings. The Bertz CT molecular complexity index is 555. The number of ether oxygens (including phenoxy) is 1. The summed E-state index contributed by atoms with van der Waals surface area (Å²) in [4.78, 5) is 0. The van der Waals surface area contributed by atoms with Crippen LogP contribution in [0.4, 0.5) is 8.78 Å². The summed E-state index contributed by atoms with van der Waals surface area (Å²) >= 11 is 5.81. The van der Waals surface area contributed by atoms with Crippen LogP contribution in [0.25, 0.3) is 11.1 Å². The first-order valence-electron chi connectivity index (χ1n) is 4.91. The smallest absolute Gasteiger partial charge is 0.166 e. The summed E-state index contributed by atoms with van der Waals surface area (Å²) in [6, 6.07) is 8.76. The van der Waals surface area contributed by atoms with Crippen LogP contribution in [0.2, 0.25) is 5.02 Å². The molecule has 0 spiro atoms. The highest BCUT2D eigenvalue weighted by Gasteiger charge is 2.13. The van der Waals surface area contributed by atoms with Gasteiger partial charge in [-0.25, -0.2) is 8.78 Å². The molecule has 1 nitrogen and oxygen atoms in total. The van der Waals surface area contributed by atoms with Crippen molar-refractivity contribution in [3.05, 3.63) is 53.1 Å². The molecule has 0 aliphatic rings. The zero-order valence-corrected chi connectivity index (χ0v) is 9.76. The van der Waals surface area contributed by atoms with Gasteiger partial charge in [-0.1, -0.05) is 23.7 Å². The summed E-state index contributed by atoms with van der Waals surface area (Å²) in [5, 5.41) is 0.474. The highest BCUT2D eigenvalue weighted by Crippen LogP contribution is 2.34. The Balaban J connectivity index is 2.64. The van der Waals surface area contributed by atoms with Crippen LogP contribution in [0.1, 0.15) is 0 Å². The lowest BCUT2D eigenvalue weighted by Gasteiger charge is -2.10. The van der Waals surface area contributed by atoms with Gasteiger partial charge in [0.2, 0.25) is 0 Å². The van der Waals surface area contributed by atoms with Crippen LogP contribution < -0.4 is 4.74 Å². The molecule has 0 saturated heterocycles. The SMILES string of the molecule is COc1cc(Cl)ccc1-c1cccc(F)c1F. The first-order chi connectivity index (χ1) is 8.13. The molecule has 0 aliphatic carbocycles. The molecule has 0 atom stereocenters. The summed E-state index contributed by atoms with van der Waals surface area (Å²) < 4.78 is 31.9. The molecule has 0 fully saturated rings. The van der Waals surface area contributed by atoms with Crippen LogP contribution in [0.15, 0.2) is 36.4 Å². The number of hydrogen-bond acceptors (Lipinski definition) is 1. The summed E-state index contributed by atoms with van der Waals surface area (Å²) in [7, 11) is 1.45. The fourth-order valence-corrected chi connectivity index (χ4v) is 1.76. The average Bonchev–Trinajstić information content (AvgIpc) is 2.33. The van der Waals surface area contributed by atoms with Crippen LogP contribution in [0.3, 0.4) is 0 Å². The first kappa shape index (κ1) is 11.9. The highest BCUT2D eigenvalue weighted by atomic mass is 35.5. The summed E-state index contributed by atoms with van der Waals surface area (Å²) in [5.41, 5.74) is 0.618. The van der Waals surface area contributed by atoms with E-state index in [0.29, 0.717) is 16.3 Å². The molecule has 2 aromatic carbocycles. The fraction of sp³-hybridized carbons (Fsp3) is 0.0769. The maximum Gasteiger partial charge on any atom is 0.166 e. The normalized spacial score (nSPS) is 10.4. The van der Waals surface area contributed by atoms with E-state index >= 15 is 0 Å². The Morgan fingerprint density at radius 1 is 1.06 bits per heavy atom. The fourth-order valence-electron chi connectivity index (χ4n) is 1.60. The minimum atomic E-state index is -0.895. The molecule has 0 amide bonds. The van der Waals surface area contributed by atoms with Gasteiger partial charge in [-0.05, 0) is 24.3 Å².